The van der Waals surface area contributed by atoms with Gasteiger partial charge in [0.25, 0.3) is 12.3 Å². The summed E-state index contributed by atoms with van der Waals surface area (Å²) in [5.74, 6) is 0.614. The average Bonchev–Trinajstić information content (AvgIpc) is 2.79. The van der Waals surface area contributed by atoms with Gasteiger partial charge in [-0.1, -0.05) is 6.92 Å². The van der Waals surface area contributed by atoms with E-state index in [1.807, 2.05) is 13.8 Å². The van der Waals surface area contributed by atoms with Crippen molar-refractivity contribution in [3.8, 4) is 0 Å². The van der Waals surface area contributed by atoms with Crippen molar-refractivity contribution in [2.45, 2.75) is 32.8 Å². The number of carbonyl (C=O) groups excluding carboxylic acids is 1. The molecule has 1 aliphatic rings. The Hall–Kier alpha value is -1.43. The smallest absolute Gasteiger partial charge is 0.289 e. The third kappa shape index (κ3) is 2.94. The summed E-state index contributed by atoms with van der Waals surface area (Å²) >= 11 is 0. The van der Waals surface area contributed by atoms with E-state index in [9.17, 15) is 13.6 Å². The first-order valence-electron chi connectivity index (χ1n) is 6.31. The molecule has 0 aromatic carbocycles. The Bertz CT molecular complexity index is 459. The van der Waals surface area contributed by atoms with Gasteiger partial charge in [-0.2, -0.15) is 0 Å². The molecule has 1 fully saturated rings. The normalized spacial score (nSPS) is 20.1. The molecule has 1 aromatic heterocycles. The summed E-state index contributed by atoms with van der Waals surface area (Å²) in [6.45, 7) is 4.13. The second-order valence-corrected chi connectivity index (χ2v) is 4.57. The van der Waals surface area contributed by atoms with Crippen LogP contribution in [0.4, 0.5) is 8.78 Å². The van der Waals surface area contributed by atoms with E-state index in [1.165, 1.54) is 4.90 Å². The van der Waals surface area contributed by atoms with Crippen LogP contribution in [-0.2, 0) is 11.2 Å². The van der Waals surface area contributed by atoms with E-state index in [0.717, 1.165) is 11.3 Å². The summed E-state index contributed by atoms with van der Waals surface area (Å²) in [7, 11) is 0. The van der Waals surface area contributed by atoms with Crippen molar-refractivity contribution in [3.05, 3.63) is 23.2 Å². The molecule has 0 aliphatic carbocycles. The number of halogens is 2. The molecule has 106 valence electrons. The number of furan rings is 1. The molecule has 0 unspecified atom stereocenters. The van der Waals surface area contributed by atoms with Crippen LogP contribution < -0.4 is 0 Å². The van der Waals surface area contributed by atoms with Crippen LogP contribution in [0.1, 0.15) is 28.8 Å². The molecule has 19 heavy (non-hydrogen) atoms. The Balaban J connectivity index is 2.10. The van der Waals surface area contributed by atoms with Crippen molar-refractivity contribution in [3.63, 3.8) is 0 Å². The number of amides is 1. The molecule has 6 heteroatoms. The number of hydrogen-bond acceptors (Lipinski definition) is 3. The fourth-order valence-corrected chi connectivity index (χ4v) is 2.14. The lowest BCUT2D eigenvalue weighted by atomic mass is 10.2. The van der Waals surface area contributed by atoms with Gasteiger partial charge in [-0.05, 0) is 18.6 Å². The summed E-state index contributed by atoms with van der Waals surface area (Å²) < 4.78 is 35.6. The zero-order valence-corrected chi connectivity index (χ0v) is 11.0. The zero-order chi connectivity index (χ0) is 14.0. The van der Waals surface area contributed by atoms with Crippen LogP contribution in [0.2, 0.25) is 0 Å². The summed E-state index contributed by atoms with van der Waals surface area (Å²) in [5, 5.41) is 0. The van der Waals surface area contributed by atoms with Crippen LogP contribution in [0.25, 0.3) is 0 Å². The number of hydrogen-bond donors (Lipinski definition) is 0. The molecule has 0 spiro atoms. The molecule has 1 aromatic rings. The third-order valence-corrected chi connectivity index (χ3v) is 3.21. The fourth-order valence-electron chi connectivity index (χ4n) is 2.14. The van der Waals surface area contributed by atoms with Gasteiger partial charge in [0.15, 0.2) is 5.76 Å². The second-order valence-electron chi connectivity index (χ2n) is 4.57. The lowest BCUT2D eigenvalue weighted by molar-refractivity contribution is -0.0946. The van der Waals surface area contributed by atoms with Gasteiger partial charge in [0, 0.05) is 13.0 Å². The maximum atomic E-state index is 12.6. The Morgan fingerprint density at radius 2 is 2.32 bits per heavy atom. The van der Waals surface area contributed by atoms with Gasteiger partial charge in [0.2, 0.25) is 0 Å². The molecular weight excluding hydrogens is 256 g/mol. The quantitative estimate of drug-likeness (QED) is 0.848. The second kappa shape index (κ2) is 5.69. The molecule has 2 heterocycles. The predicted octanol–water partition coefficient (Wildman–Crippen LogP) is 2.26. The minimum atomic E-state index is -2.58. The van der Waals surface area contributed by atoms with Crippen molar-refractivity contribution in [1.29, 1.82) is 0 Å². The van der Waals surface area contributed by atoms with Gasteiger partial charge in [-0.3, -0.25) is 4.79 Å². The summed E-state index contributed by atoms with van der Waals surface area (Å²) in [5.41, 5.74) is 0.907. The zero-order valence-electron chi connectivity index (χ0n) is 11.0. The summed E-state index contributed by atoms with van der Waals surface area (Å²) in [6, 6.07) is 1.66. The summed E-state index contributed by atoms with van der Waals surface area (Å²) in [6.07, 6.45) is -3.10. The van der Waals surface area contributed by atoms with Crippen LogP contribution in [0, 0.1) is 6.92 Å². The highest BCUT2D eigenvalue weighted by molar-refractivity contribution is 5.91. The van der Waals surface area contributed by atoms with Gasteiger partial charge in [0.1, 0.15) is 11.9 Å². The molecule has 1 atom stereocenters. The maximum absolute atomic E-state index is 12.6. The van der Waals surface area contributed by atoms with Gasteiger partial charge in [0.05, 0.1) is 13.2 Å². The highest BCUT2D eigenvalue weighted by Gasteiger charge is 2.32. The maximum Gasteiger partial charge on any atom is 0.289 e. The average molecular weight is 273 g/mol. The number of ether oxygens (including phenoxy) is 1. The molecule has 1 amide bonds. The van der Waals surface area contributed by atoms with Crippen molar-refractivity contribution in [1.82, 2.24) is 4.90 Å². The lowest BCUT2D eigenvalue weighted by Crippen LogP contribution is -2.48. The number of nitrogens with zero attached hydrogens (tertiary/aromatic N) is 1. The minimum Gasteiger partial charge on any atom is -0.456 e. The van der Waals surface area contributed by atoms with E-state index in [1.54, 1.807) is 6.07 Å². The van der Waals surface area contributed by atoms with Crippen LogP contribution in [0.5, 0.6) is 0 Å². The standard InChI is InChI=1S/C13H17F2NO3/c1-3-9-8(2)6-10(19-9)13(17)16-4-5-18-11(7-16)12(14)15/h6,11-12H,3-5,7H2,1-2H3/t11-/m0/s1. The van der Waals surface area contributed by atoms with E-state index in [4.69, 9.17) is 9.15 Å². The highest BCUT2D eigenvalue weighted by Crippen LogP contribution is 2.19. The van der Waals surface area contributed by atoms with Gasteiger partial charge < -0.3 is 14.1 Å². The monoisotopic (exact) mass is 273 g/mol. The number of carbonyl (C=O) groups is 1. The number of morpholine rings is 1. The highest BCUT2D eigenvalue weighted by atomic mass is 19.3. The first-order chi connectivity index (χ1) is 9.02. The Morgan fingerprint density at radius 1 is 1.58 bits per heavy atom. The van der Waals surface area contributed by atoms with Crippen LogP contribution >= 0.6 is 0 Å². The molecule has 0 radical (unpaired) electrons. The van der Waals surface area contributed by atoms with Crippen molar-refractivity contribution in [2.24, 2.45) is 0 Å². The van der Waals surface area contributed by atoms with E-state index in [-0.39, 0.29) is 24.8 Å². The van der Waals surface area contributed by atoms with E-state index >= 15 is 0 Å². The Labute approximate surface area is 110 Å². The van der Waals surface area contributed by atoms with Gasteiger partial charge in [-0.15, -0.1) is 0 Å². The first kappa shape index (κ1) is 14.0. The van der Waals surface area contributed by atoms with Gasteiger partial charge in [-0.25, -0.2) is 8.78 Å². The lowest BCUT2D eigenvalue weighted by Gasteiger charge is -2.31. The molecule has 0 saturated carbocycles. The molecule has 4 nitrogen and oxygen atoms in total. The van der Waals surface area contributed by atoms with Crippen molar-refractivity contribution >= 4 is 5.91 Å². The molecular formula is C13H17F2NO3. The number of aryl methyl sites for hydroxylation is 2. The molecule has 2 rings (SSSR count). The Morgan fingerprint density at radius 3 is 2.89 bits per heavy atom. The molecule has 1 saturated heterocycles. The predicted molar refractivity (Wildman–Crippen MR) is 64.5 cm³/mol. The van der Waals surface area contributed by atoms with Crippen LogP contribution in [0.3, 0.4) is 0 Å². The van der Waals surface area contributed by atoms with Crippen molar-refractivity contribution in [2.75, 3.05) is 19.7 Å². The minimum absolute atomic E-state index is 0.0995. The van der Waals surface area contributed by atoms with E-state index < -0.39 is 12.5 Å². The summed E-state index contributed by atoms with van der Waals surface area (Å²) in [4.78, 5) is 13.5. The Kier molecular flexibility index (Phi) is 4.19. The SMILES string of the molecule is CCc1oc(C(=O)N2CCO[C@H](C(F)F)C2)cc1C. The van der Waals surface area contributed by atoms with E-state index in [2.05, 4.69) is 0 Å². The molecule has 0 N–H and O–H groups in total. The van der Waals surface area contributed by atoms with Crippen molar-refractivity contribution < 1.29 is 22.7 Å². The molecule has 1 aliphatic heterocycles. The van der Waals surface area contributed by atoms with Gasteiger partial charge >= 0.3 is 0 Å². The number of alkyl halides is 2. The van der Waals surface area contributed by atoms with Crippen LogP contribution in [-0.4, -0.2) is 43.0 Å². The van der Waals surface area contributed by atoms with E-state index in [0.29, 0.717) is 13.0 Å². The fraction of sp³-hybridized carbons (Fsp3) is 0.615. The first-order valence-corrected chi connectivity index (χ1v) is 6.31. The van der Waals surface area contributed by atoms with Crippen LogP contribution in [0.15, 0.2) is 10.5 Å². The largest absolute Gasteiger partial charge is 0.456 e. The molecule has 0 bridgehead atoms. The topological polar surface area (TPSA) is 42.7 Å². The third-order valence-electron chi connectivity index (χ3n) is 3.21. The number of rotatable bonds is 3.